The Bertz CT molecular complexity index is 6170. The van der Waals surface area contributed by atoms with E-state index in [1.165, 1.54) is 93.9 Å². The van der Waals surface area contributed by atoms with Crippen molar-refractivity contribution in [1.82, 2.24) is 59.1 Å². The quantitative estimate of drug-likeness (QED) is 0.0292. The third-order valence-electron chi connectivity index (χ3n) is 23.2. The monoisotopic (exact) mass is 1740 g/mol. The van der Waals surface area contributed by atoms with Crippen molar-refractivity contribution in [2.45, 2.75) is 132 Å². The van der Waals surface area contributed by atoms with Gasteiger partial charge in [0.05, 0.1) is 91.3 Å². The van der Waals surface area contributed by atoms with Crippen LogP contribution in [0.2, 0.25) is 0 Å². The summed E-state index contributed by atoms with van der Waals surface area (Å²) in [6.07, 6.45) is 20.6. The first-order valence-corrected chi connectivity index (χ1v) is 44.4. The van der Waals surface area contributed by atoms with Crippen molar-refractivity contribution >= 4 is 133 Å². The molecule has 16 aromatic rings. The maximum absolute atomic E-state index is 13.3. The molecule has 0 radical (unpaired) electrons. The van der Waals surface area contributed by atoms with Crippen LogP contribution in [0, 0.1) is 56.8 Å². The van der Waals surface area contributed by atoms with Crippen molar-refractivity contribution < 1.29 is 36.7 Å². The fourth-order valence-corrected chi connectivity index (χ4v) is 18.6. The molecule has 4 unspecified atom stereocenters. The molecule has 1 fully saturated rings. The van der Waals surface area contributed by atoms with Gasteiger partial charge in [-0.15, -0.1) is 51.9 Å². The zero-order valence-electron chi connectivity index (χ0n) is 70.5. The van der Waals surface area contributed by atoms with Gasteiger partial charge >= 0.3 is 0 Å². The molecular weight excluding hydrogens is 1650 g/mol. The molecule has 0 aliphatic heterocycles. The van der Waals surface area contributed by atoms with Crippen molar-refractivity contribution in [3.63, 3.8) is 0 Å². The summed E-state index contributed by atoms with van der Waals surface area (Å²) >= 11 is 5.64. The number of allylic oxidation sites excluding steroid dienone is 1. The first-order valence-electron chi connectivity index (χ1n) is 40.9. The Balaban J connectivity index is 0.000000135. The van der Waals surface area contributed by atoms with Gasteiger partial charge in [0, 0.05) is 85.6 Å². The number of amides is 4. The van der Waals surface area contributed by atoms with Crippen LogP contribution in [0.4, 0.5) is 38.1 Å². The van der Waals surface area contributed by atoms with Gasteiger partial charge < -0.3 is 21.3 Å². The molecule has 636 valence electrons. The molecular formula is C96H96F4N16O4S4. The van der Waals surface area contributed by atoms with Gasteiger partial charge in [-0.05, 0) is 211 Å². The molecule has 1 saturated carbocycles. The Hall–Kier alpha value is -12.5. The summed E-state index contributed by atoms with van der Waals surface area (Å²) in [6, 6.07) is 49.8. The molecule has 4 amide bonds. The number of hydrogen-bond acceptors (Lipinski definition) is 16. The first kappa shape index (κ1) is 87.8. The number of rotatable bonds is 26. The topological polar surface area (TPSA) is 239 Å². The molecule has 8 aromatic heterocycles. The zero-order chi connectivity index (χ0) is 87.8. The first-order chi connectivity index (χ1) is 59.5. The molecule has 0 spiro atoms. The van der Waals surface area contributed by atoms with Crippen LogP contribution in [0.5, 0.6) is 0 Å². The van der Waals surface area contributed by atoms with Crippen LogP contribution in [0.15, 0.2) is 254 Å². The molecule has 4 atom stereocenters. The number of thiazole rings is 4. The van der Waals surface area contributed by atoms with Crippen molar-refractivity contribution in [2.24, 2.45) is 33.5 Å². The molecule has 0 saturated heterocycles. The van der Waals surface area contributed by atoms with E-state index in [9.17, 15) is 36.7 Å². The van der Waals surface area contributed by atoms with E-state index in [4.69, 9.17) is 0 Å². The number of halogens is 4. The van der Waals surface area contributed by atoms with Gasteiger partial charge in [-0.25, -0.2) is 56.2 Å². The highest BCUT2D eigenvalue weighted by atomic mass is 32.1. The predicted octanol–water partition coefficient (Wildman–Crippen LogP) is 23.9. The van der Waals surface area contributed by atoms with Gasteiger partial charge in [0.2, 0.25) is 23.6 Å². The molecule has 28 heteroatoms. The molecule has 4 N–H and O–H groups in total. The number of fused-ring (bicyclic) bond motifs is 4. The van der Waals surface area contributed by atoms with Crippen LogP contribution in [-0.2, 0) is 19.2 Å². The Morgan fingerprint density at radius 3 is 1.01 bits per heavy atom. The standard InChI is InChI=1S/C24H23FN4OS.2C24H25FN4OS.C24H23FN4OS/c1-24(2,22(30)28-23-26-11-12-31-23)21(15-3-4-15)16-5-10-20-17(13-16)14-27-29(20)19-8-6-18(25)7-9-19;1-15(2)21(24(3,4)22(30)28-23-26-11-12-31-23)16-5-10-20-17(13-16)14-27-29(20)19-8-6-18(25)7-9-19;2*1-4-5-20(24(2,3)22(30)28-23-26-12-13-31-23)16-6-11-21-17(14-16)15-27-29(21)19-9-7-18(25)8-10-19/h5-15,21H,3-4H2,1-2H3,(H,26,28,30);5-15,21H,1-4H3,(H,26,28,30);6-15,20H,4-5H2,1-3H3,(H,26,28,30);4,6-15,20H,1,5H2,2-3H3,(H,26,28,30). The lowest BCUT2D eigenvalue weighted by atomic mass is 9.68. The summed E-state index contributed by atoms with van der Waals surface area (Å²) in [5, 5.41) is 43.5. The second kappa shape index (κ2) is 37.7. The Morgan fingerprint density at radius 2 is 0.702 bits per heavy atom. The maximum Gasteiger partial charge on any atom is 0.232 e. The zero-order valence-corrected chi connectivity index (χ0v) is 73.8. The van der Waals surface area contributed by atoms with Gasteiger partial charge in [-0.1, -0.05) is 113 Å². The predicted molar refractivity (Wildman–Crippen MR) is 490 cm³/mol. The second-order valence-corrected chi connectivity index (χ2v) is 37.0. The molecule has 0 bridgehead atoms. The number of hydrogen-bond donors (Lipinski definition) is 4. The van der Waals surface area contributed by atoms with E-state index in [0.29, 0.717) is 32.9 Å². The van der Waals surface area contributed by atoms with Gasteiger partial charge in [-0.3, -0.25) is 19.2 Å². The summed E-state index contributed by atoms with van der Waals surface area (Å²) < 4.78 is 60.3. The average molecular weight is 1740 g/mol. The van der Waals surface area contributed by atoms with E-state index in [1.807, 2.05) is 137 Å². The summed E-state index contributed by atoms with van der Waals surface area (Å²) in [5.41, 5.74) is 8.75. The third-order valence-corrected chi connectivity index (χ3v) is 25.9. The SMILES string of the molecule is C=CCC(c1ccc2c(cnn2-c2ccc(F)cc2)c1)C(C)(C)C(=O)Nc1nccs1.CC(C)(C(=O)Nc1nccs1)C(c1ccc2c(cnn2-c2ccc(F)cc2)c1)C1CC1.CC(C)C(c1ccc2c(cnn2-c2ccc(F)cc2)c1)C(C)(C)C(=O)Nc1nccs1.CCCC(c1ccc2c(cnn2-c2ccc(F)cc2)c1)C(C)(C)C(=O)Nc1nccs1. The number of aromatic nitrogens is 12. The van der Waals surface area contributed by atoms with Crippen molar-refractivity contribution in [3.05, 3.63) is 299 Å². The molecule has 124 heavy (non-hydrogen) atoms. The molecule has 20 nitrogen and oxygen atoms in total. The van der Waals surface area contributed by atoms with Crippen LogP contribution in [0.3, 0.4) is 0 Å². The molecule has 8 aromatic carbocycles. The minimum Gasteiger partial charge on any atom is -0.301 e. The highest BCUT2D eigenvalue weighted by molar-refractivity contribution is 7.14. The van der Waals surface area contributed by atoms with E-state index in [-0.39, 0.29) is 76.5 Å². The van der Waals surface area contributed by atoms with Crippen LogP contribution < -0.4 is 21.3 Å². The number of carbonyl (C=O) groups is 4. The lowest BCUT2D eigenvalue weighted by molar-refractivity contribution is -0.126. The summed E-state index contributed by atoms with van der Waals surface area (Å²) in [6.45, 7) is 26.2. The second-order valence-electron chi connectivity index (χ2n) is 33.4. The minimum absolute atomic E-state index is 0.00830. The highest BCUT2D eigenvalue weighted by Crippen LogP contribution is 2.53. The fraction of sp³-hybridized carbons (Fsp3) is 0.271. The normalized spacial score (nSPS) is 13.4. The van der Waals surface area contributed by atoms with E-state index in [1.54, 1.807) is 93.6 Å². The van der Waals surface area contributed by atoms with Crippen LogP contribution in [0.1, 0.15) is 154 Å². The van der Waals surface area contributed by atoms with E-state index >= 15 is 0 Å². The van der Waals surface area contributed by atoms with Gasteiger partial charge in [0.15, 0.2) is 20.5 Å². The number of benzene rings is 8. The number of nitrogens with zero attached hydrogens (tertiary/aromatic N) is 12. The Morgan fingerprint density at radius 1 is 0.411 bits per heavy atom. The molecule has 8 heterocycles. The minimum atomic E-state index is -0.694. The van der Waals surface area contributed by atoms with Gasteiger partial charge in [0.25, 0.3) is 0 Å². The number of nitrogens with one attached hydrogen (secondary N) is 4. The molecule has 17 rings (SSSR count). The Labute approximate surface area is 732 Å². The van der Waals surface area contributed by atoms with E-state index in [0.717, 1.165) is 114 Å². The number of carbonyl (C=O) groups excluding carboxylic acids is 4. The largest absolute Gasteiger partial charge is 0.301 e. The lowest BCUT2D eigenvalue weighted by Crippen LogP contribution is -2.38. The highest BCUT2D eigenvalue weighted by Gasteiger charge is 2.47. The van der Waals surface area contributed by atoms with E-state index < -0.39 is 21.7 Å². The smallest absolute Gasteiger partial charge is 0.232 e. The lowest BCUT2D eigenvalue weighted by Gasteiger charge is -2.36. The molecule has 1 aliphatic carbocycles. The van der Waals surface area contributed by atoms with Gasteiger partial charge in [0.1, 0.15) is 23.3 Å². The summed E-state index contributed by atoms with van der Waals surface area (Å²) in [4.78, 5) is 69.2. The fourth-order valence-electron chi connectivity index (χ4n) is 16.5. The summed E-state index contributed by atoms with van der Waals surface area (Å²) in [7, 11) is 0. The van der Waals surface area contributed by atoms with Gasteiger partial charge in [-0.2, -0.15) is 20.4 Å². The van der Waals surface area contributed by atoms with Crippen molar-refractivity contribution in [2.75, 3.05) is 21.3 Å². The Kier molecular flexibility index (Phi) is 26.7. The summed E-state index contributed by atoms with van der Waals surface area (Å²) in [5.74, 6) is -0.520. The molecule has 1 aliphatic rings. The number of anilines is 4. The van der Waals surface area contributed by atoms with Crippen molar-refractivity contribution in [1.29, 1.82) is 0 Å². The van der Waals surface area contributed by atoms with E-state index in [2.05, 4.69) is 131 Å². The third kappa shape index (κ3) is 19.6. The maximum atomic E-state index is 13.3. The van der Waals surface area contributed by atoms with Crippen molar-refractivity contribution in [3.8, 4) is 22.7 Å². The van der Waals surface area contributed by atoms with Crippen LogP contribution in [0.25, 0.3) is 66.4 Å². The van der Waals surface area contributed by atoms with Crippen LogP contribution >= 0.6 is 45.3 Å². The average Bonchev–Trinajstić information content (AvgIpc) is 1.50. The van der Waals surface area contributed by atoms with Crippen LogP contribution in [-0.4, -0.2) is 82.7 Å².